The van der Waals surface area contributed by atoms with E-state index >= 15 is 0 Å². The number of benzene rings is 1. The summed E-state index contributed by atoms with van der Waals surface area (Å²) >= 11 is 0. The first kappa shape index (κ1) is 27.6. The van der Waals surface area contributed by atoms with Crippen molar-refractivity contribution < 1.29 is 27.5 Å². The summed E-state index contributed by atoms with van der Waals surface area (Å²) in [5.74, 6) is -2.42. The second kappa shape index (κ2) is 10.7. The number of aromatic nitrogens is 6. The third-order valence-corrected chi connectivity index (χ3v) is 5.86. The molecule has 39 heavy (non-hydrogen) atoms. The summed E-state index contributed by atoms with van der Waals surface area (Å²) < 4.78 is 56.5. The summed E-state index contributed by atoms with van der Waals surface area (Å²) in [5, 5.41) is 24.2. The van der Waals surface area contributed by atoms with E-state index in [2.05, 4.69) is 25.7 Å². The molecule has 10 nitrogen and oxygen atoms in total. The van der Waals surface area contributed by atoms with Gasteiger partial charge >= 0.3 is 6.18 Å². The Bertz CT molecular complexity index is 1580. The average Bonchev–Trinajstić information content (AvgIpc) is 3.39. The molecule has 4 aromatic rings. The Morgan fingerprint density at radius 3 is 2.54 bits per heavy atom. The number of hydrogen-bond donors (Lipinski definition) is 2. The Hall–Kier alpha value is -4.46. The van der Waals surface area contributed by atoms with Crippen LogP contribution in [-0.4, -0.2) is 40.8 Å². The lowest BCUT2D eigenvalue weighted by atomic mass is 10.0. The summed E-state index contributed by atoms with van der Waals surface area (Å²) in [5.41, 5.74) is -1.76. The Kier molecular flexibility index (Phi) is 7.58. The SMILES string of the molecule is CC(C)n1nncc1-c1cncc(-n2nc(C(=O)N[C@H](C)c3cccc(C(F)(F)F)c3F)cc(CO)c2=O)c1. The van der Waals surface area contributed by atoms with Gasteiger partial charge in [-0.25, -0.2) is 9.07 Å². The number of carbonyl (C=O) groups is 1. The van der Waals surface area contributed by atoms with Gasteiger partial charge in [-0.2, -0.15) is 23.0 Å². The highest BCUT2D eigenvalue weighted by Crippen LogP contribution is 2.34. The molecule has 0 bridgehead atoms. The number of aliphatic hydroxyl groups excluding tert-OH is 1. The molecule has 3 heterocycles. The summed E-state index contributed by atoms with van der Waals surface area (Å²) in [7, 11) is 0. The molecule has 2 N–H and O–H groups in total. The van der Waals surface area contributed by atoms with E-state index in [0.29, 0.717) is 17.3 Å². The van der Waals surface area contributed by atoms with E-state index in [0.717, 1.165) is 22.9 Å². The lowest BCUT2D eigenvalue weighted by molar-refractivity contribution is -0.140. The van der Waals surface area contributed by atoms with E-state index in [1.807, 2.05) is 13.8 Å². The zero-order valence-corrected chi connectivity index (χ0v) is 20.9. The summed E-state index contributed by atoms with van der Waals surface area (Å²) in [4.78, 5) is 30.1. The van der Waals surface area contributed by atoms with Gasteiger partial charge in [-0.3, -0.25) is 14.6 Å². The third kappa shape index (κ3) is 5.55. The molecule has 0 aliphatic heterocycles. The molecule has 0 spiro atoms. The van der Waals surface area contributed by atoms with Crippen molar-refractivity contribution in [2.45, 2.75) is 45.6 Å². The Morgan fingerprint density at radius 1 is 1.13 bits per heavy atom. The number of rotatable bonds is 7. The van der Waals surface area contributed by atoms with Crippen molar-refractivity contribution in [3.63, 3.8) is 0 Å². The Labute approximate surface area is 218 Å². The highest BCUT2D eigenvalue weighted by molar-refractivity contribution is 5.92. The van der Waals surface area contributed by atoms with Crippen molar-refractivity contribution in [1.29, 1.82) is 0 Å². The third-order valence-electron chi connectivity index (χ3n) is 5.86. The number of halogens is 4. The van der Waals surface area contributed by atoms with E-state index in [4.69, 9.17) is 0 Å². The monoisotopic (exact) mass is 545 g/mol. The van der Waals surface area contributed by atoms with E-state index in [1.54, 1.807) is 10.7 Å². The number of pyridine rings is 1. The maximum absolute atomic E-state index is 14.6. The number of carbonyl (C=O) groups excluding carboxylic acids is 1. The first-order valence-electron chi connectivity index (χ1n) is 11.7. The molecule has 0 radical (unpaired) electrons. The summed E-state index contributed by atoms with van der Waals surface area (Å²) in [6.07, 6.45) is -0.539. The number of nitrogens with zero attached hydrogens (tertiary/aromatic N) is 6. The van der Waals surface area contributed by atoms with Gasteiger partial charge in [0.25, 0.3) is 11.5 Å². The van der Waals surface area contributed by atoms with Gasteiger partial charge in [-0.1, -0.05) is 17.3 Å². The summed E-state index contributed by atoms with van der Waals surface area (Å²) in [6.45, 7) is 4.39. The molecule has 0 unspecified atom stereocenters. The average molecular weight is 545 g/mol. The standard InChI is InChI=1S/C25H23F4N7O3/c1-13(2)35-21(11-31-34-35)15-7-17(10-30-9-15)36-24(39)16(12-37)8-20(33-36)23(38)32-14(3)18-5-4-6-19(22(18)26)25(27,28)29/h4-11,13-14,37H,12H2,1-3H3,(H,32,38)/t14-/m1/s1. The first-order valence-corrected chi connectivity index (χ1v) is 11.7. The fraction of sp³-hybridized carbons (Fsp3) is 0.280. The zero-order valence-electron chi connectivity index (χ0n) is 20.9. The van der Waals surface area contributed by atoms with Gasteiger partial charge in [0.2, 0.25) is 0 Å². The van der Waals surface area contributed by atoms with Gasteiger partial charge in [0.05, 0.1) is 42.0 Å². The molecule has 0 saturated carbocycles. The van der Waals surface area contributed by atoms with Crippen LogP contribution >= 0.6 is 0 Å². The molecule has 3 aromatic heterocycles. The van der Waals surface area contributed by atoms with E-state index in [9.17, 15) is 32.3 Å². The van der Waals surface area contributed by atoms with Crippen molar-refractivity contribution in [2.24, 2.45) is 0 Å². The molecule has 0 saturated heterocycles. The lowest BCUT2D eigenvalue weighted by Gasteiger charge is -2.18. The largest absolute Gasteiger partial charge is 0.419 e. The molecule has 0 aliphatic rings. The van der Waals surface area contributed by atoms with Crippen LogP contribution in [-0.2, 0) is 12.8 Å². The van der Waals surface area contributed by atoms with Crippen LogP contribution in [0.3, 0.4) is 0 Å². The Balaban J connectivity index is 1.70. The number of hydrogen-bond acceptors (Lipinski definition) is 7. The van der Waals surface area contributed by atoms with Gasteiger partial charge < -0.3 is 10.4 Å². The molecule has 4 rings (SSSR count). The van der Waals surface area contributed by atoms with Crippen LogP contribution in [0.4, 0.5) is 17.6 Å². The van der Waals surface area contributed by atoms with Crippen LogP contribution < -0.4 is 10.9 Å². The molecule has 1 aromatic carbocycles. The van der Waals surface area contributed by atoms with Crippen molar-refractivity contribution in [2.75, 3.05) is 0 Å². The number of nitrogens with one attached hydrogen (secondary N) is 1. The molecule has 204 valence electrons. The maximum atomic E-state index is 14.6. The van der Waals surface area contributed by atoms with Gasteiger partial charge in [0.15, 0.2) is 0 Å². The molecule has 0 fully saturated rings. The van der Waals surface area contributed by atoms with Gasteiger partial charge in [0.1, 0.15) is 11.5 Å². The molecule has 1 amide bonds. The van der Waals surface area contributed by atoms with Gasteiger partial charge in [-0.15, -0.1) is 5.10 Å². The molecule has 0 aliphatic carbocycles. The smallest absolute Gasteiger partial charge is 0.391 e. The lowest BCUT2D eigenvalue weighted by Crippen LogP contribution is -2.33. The molecular formula is C25H23F4N7O3. The van der Waals surface area contributed by atoms with Crippen LogP contribution in [0.25, 0.3) is 16.9 Å². The van der Waals surface area contributed by atoms with Crippen molar-refractivity contribution in [1.82, 2.24) is 35.1 Å². The van der Waals surface area contributed by atoms with E-state index in [-0.39, 0.29) is 28.6 Å². The van der Waals surface area contributed by atoms with Crippen LogP contribution in [0.5, 0.6) is 0 Å². The maximum Gasteiger partial charge on any atom is 0.419 e. The number of aliphatic hydroxyl groups is 1. The van der Waals surface area contributed by atoms with Crippen LogP contribution in [0.15, 0.2) is 53.7 Å². The topological polar surface area (TPSA) is 128 Å². The molecule has 1 atom stereocenters. The van der Waals surface area contributed by atoms with Gasteiger partial charge in [0, 0.05) is 28.9 Å². The predicted octanol–water partition coefficient (Wildman–Crippen LogP) is 3.61. The minimum absolute atomic E-state index is 0.0244. The number of alkyl halides is 3. The van der Waals surface area contributed by atoms with Crippen LogP contribution in [0.2, 0.25) is 0 Å². The van der Waals surface area contributed by atoms with E-state index < -0.39 is 41.7 Å². The number of amides is 1. The predicted molar refractivity (Wildman–Crippen MR) is 130 cm³/mol. The van der Waals surface area contributed by atoms with Crippen molar-refractivity contribution >= 4 is 5.91 Å². The normalized spacial score (nSPS) is 12.5. The van der Waals surface area contributed by atoms with Crippen LogP contribution in [0.1, 0.15) is 60.0 Å². The van der Waals surface area contributed by atoms with Crippen molar-refractivity contribution in [3.8, 4) is 16.9 Å². The molecule has 14 heteroatoms. The molecular weight excluding hydrogens is 522 g/mol. The minimum Gasteiger partial charge on any atom is -0.391 e. The zero-order chi connectivity index (χ0) is 28.5. The second-order valence-corrected chi connectivity index (χ2v) is 8.92. The van der Waals surface area contributed by atoms with E-state index in [1.165, 1.54) is 25.5 Å². The van der Waals surface area contributed by atoms with Crippen molar-refractivity contribution in [3.05, 3.63) is 87.5 Å². The minimum atomic E-state index is -4.91. The Morgan fingerprint density at radius 2 is 1.87 bits per heavy atom. The first-order chi connectivity index (χ1) is 18.4. The fourth-order valence-electron chi connectivity index (χ4n) is 3.91. The van der Waals surface area contributed by atoms with Gasteiger partial charge in [-0.05, 0) is 39.0 Å². The quantitative estimate of drug-likeness (QED) is 0.340. The summed E-state index contributed by atoms with van der Waals surface area (Å²) in [6, 6.07) is 4.17. The second-order valence-electron chi connectivity index (χ2n) is 8.92. The van der Waals surface area contributed by atoms with Crippen LogP contribution in [0, 0.1) is 5.82 Å². The fourth-order valence-corrected chi connectivity index (χ4v) is 3.91. The highest BCUT2D eigenvalue weighted by Gasteiger charge is 2.35. The highest BCUT2D eigenvalue weighted by atomic mass is 19.4.